The summed E-state index contributed by atoms with van der Waals surface area (Å²) in [6, 6.07) is 4.38. The van der Waals surface area contributed by atoms with Crippen LogP contribution in [0.25, 0.3) is 11.0 Å². The Morgan fingerprint density at radius 1 is 1.22 bits per heavy atom. The second-order valence-corrected chi connectivity index (χ2v) is 12.2. The number of dihydropyridines is 1. The Morgan fingerprint density at radius 3 is 2.61 bits per heavy atom. The maximum Gasteiger partial charge on any atom is 0.345 e. The fourth-order valence-corrected chi connectivity index (χ4v) is 7.67. The van der Waals surface area contributed by atoms with Crippen molar-refractivity contribution in [3.8, 4) is 0 Å². The number of carbonyl (C=O) groups is 2. The molecule has 2 aliphatic heterocycles. The first kappa shape index (κ1) is 29.8. The van der Waals surface area contributed by atoms with Crippen LogP contribution in [-0.4, -0.2) is 76.6 Å². The lowest BCUT2D eigenvalue weighted by molar-refractivity contribution is -0.202. The summed E-state index contributed by atoms with van der Waals surface area (Å²) in [6.07, 6.45) is 10.2. The maximum absolute atomic E-state index is 13.7. The van der Waals surface area contributed by atoms with E-state index in [2.05, 4.69) is 31.4 Å². The Labute approximate surface area is 244 Å². The minimum absolute atomic E-state index is 0.185. The molecule has 1 saturated heterocycles. The van der Waals surface area contributed by atoms with E-state index in [0.717, 1.165) is 53.7 Å². The summed E-state index contributed by atoms with van der Waals surface area (Å²) in [5.74, 6) is -0.497. The molecule has 222 valence electrons. The molecule has 2 atom stereocenters. The van der Waals surface area contributed by atoms with Crippen molar-refractivity contribution in [2.75, 3.05) is 25.9 Å². The number of halogens is 2. The second-order valence-electron chi connectivity index (χ2n) is 11.3. The number of allylic oxidation sites excluding steroid dienone is 1. The second kappa shape index (κ2) is 12.7. The summed E-state index contributed by atoms with van der Waals surface area (Å²) in [6.45, 7) is 4.60. The SMILES string of the molecule is CC[C@H](C1CCC(N2CC(OC(F)F)C2)CC1)n1c(C)c(C(=O)NCC2C(=O)N=C(C)C=C2SC)c2cccnc21. The van der Waals surface area contributed by atoms with Crippen molar-refractivity contribution in [3.05, 3.63) is 40.6 Å². The molecule has 0 aromatic carbocycles. The number of aliphatic imine (C=N–C) groups is 1. The first-order chi connectivity index (χ1) is 19.7. The van der Waals surface area contributed by atoms with Crippen molar-refractivity contribution in [1.82, 2.24) is 19.8 Å². The molecule has 2 amide bonds. The van der Waals surface area contributed by atoms with Crippen molar-refractivity contribution in [2.24, 2.45) is 16.8 Å². The summed E-state index contributed by atoms with van der Waals surface area (Å²) < 4.78 is 31.9. The van der Waals surface area contributed by atoms with E-state index >= 15 is 0 Å². The molecular weight excluding hydrogens is 548 g/mol. The summed E-state index contributed by atoms with van der Waals surface area (Å²) >= 11 is 1.51. The predicted molar refractivity (Wildman–Crippen MR) is 158 cm³/mol. The lowest BCUT2D eigenvalue weighted by Crippen LogP contribution is -2.57. The van der Waals surface area contributed by atoms with E-state index in [0.29, 0.717) is 36.3 Å². The Balaban J connectivity index is 1.30. The molecule has 41 heavy (non-hydrogen) atoms. The van der Waals surface area contributed by atoms with Crippen LogP contribution in [0.15, 0.2) is 34.3 Å². The number of rotatable bonds is 10. The van der Waals surface area contributed by atoms with E-state index < -0.39 is 12.5 Å². The fraction of sp³-hybridized carbons (Fsp3) is 0.600. The van der Waals surface area contributed by atoms with Crippen molar-refractivity contribution in [3.63, 3.8) is 0 Å². The van der Waals surface area contributed by atoms with Gasteiger partial charge in [-0.1, -0.05) is 6.92 Å². The quantitative estimate of drug-likeness (QED) is 0.402. The monoisotopic (exact) mass is 587 g/mol. The number of nitrogens with zero attached hydrogens (tertiary/aromatic N) is 4. The van der Waals surface area contributed by atoms with Crippen molar-refractivity contribution >= 4 is 40.3 Å². The molecule has 11 heteroatoms. The Morgan fingerprint density at radius 2 is 1.95 bits per heavy atom. The van der Waals surface area contributed by atoms with Crippen LogP contribution in [-0.2, 0) is 9.53 Å². The minimum atomic E-state index is -2.71. The highest BCUT2D eigenvalue weighted by Gasteiger charge is 2.38. The van der Waals surface area contributed by atoms with Gasteiger partial charge < -0.3 is 14.6 Å². The molecule has 4 heterocycles. The van der Waals surface area contributed by atoms with Crippen LogP contribution in [0.4, 0.5) is 8.78 Å². The molecule has 0 spiro atoms. The summed E-state index contributed by atoms with van der Waals surface area (Å²) in [5.41, 5.74) is 2.96. The highest BCUT2D eigenvalue weighted by Crippen LogP contribution is 2.41. The van der Waals surface area contributed by atoms with E-state index in [1.54, 1.807) is 13.1 Å². The molecule has 3 aliphatic rings. The van der Waals surface area contributed by atoms with Gasteiger partial charge in [0.1, 0.15) is 5.65 Å². The van der Waals surface area contributed by atoms with Gasteiger partial charge in [-0.05, 0) is 76.3 Å². The Bertz CT molecular complexity index is 1350. The number of amides is 2. The number of ether oxygens (including phenoxy) is 1. The van der Waals surface area contributed by atoms with Crippen molar-refractivity contribution in [1.29, 1.82) is 0 Å². The van der Waals surface area contributed by atoms with Crippen molar-refractivity contribution < 1.29 is 23.1 Å². The third kappa shape index (κ3) is 6.12. The summed E-state index contributed by atoms with van der Waals surface area (Å²) in [5, 5.41) is 3.83. The number of fused-ring (bicyclic) bond motifs is 1. The van der Waals surface area contributed by atoms with E-state index in [4.69, 9.17) is 4.98 Å². The third-order valence-electron chi connectivity index (χ3n) is 8.94. The average Bonchev–Trinajstić information content (AvgIpc) is 3.22. The molecule has 0 radical (unpaired) electrons. The zero-order valence-electron chi connectivity index (χ0n) is 24.1. The molecule has 2 aromatic heterocycles. The zero-order chi connectivity index (χ0) is 29.3. The number of carbonyl (C=O) groups excluding carboxylic acids is 2. The van der Waals surface area contributed by atoms with Gasteiger partial charge >= 0.3 is 6.61 Å². The van der Waals surface area contributed by atoms with E-state index in [9.17, 15) is 18.4 Å². The van der Waals surface area contributed by atoms with Crippen LogP contribution >= 0.6 is 11.8 Å². The van der Waals surface area contributed by atoms with Crippen LogP contribution in [0.5, 0.6) is 0 Å². The molecule has 1 unspecified atom stereocenters. The third-order valence-corrected chi connectivity index (χ3v) is 9.81. The first-order valence-electron chi connectivity index (χ1n) is 14.5. The van der Waals surface area contributed by atoms with Gasteiger partial charge in [0.25, 0.3) is 11.8 Å². The molecule has 1 aliphatic carbocycles. The van der Waals surface area contributed by atoms with Gasteiger partial charge in [0.15, 0.2) is 0 Å². The fourth-order valence-electron chi connectivity index (χ4n) is 6.91. The van der Waals surface area contributed by atoms with Crippen LogP contribution in [0.3, 0.4) is 0 Å². The predicted octanol–water partition coefficient (Wildman–Crippen LogP) is 5.37. The van der Waals surface area contributed by atoms with Gasteiger partial charge in [-0.15, -0.1) is 11.8 Å². The van der Waals surface area contributed by atoms with Gasteiger partial charge in [0, 0.05) is 59.6 Å². The molecule has 1 saturated carbocycles. The van der Waals surface area contributed by atoms with Gasteiger partial charge in [0.05, 0.1) is 17.6 Å². The van der Waals surface area contributed by atoms with Gasteiger partial charge in [-0.25, -0.2) is 9.98 Å². The van der Waals surface area contributed by atoms with Crippen LogP contribution in [0, 0.1) is 18.8 Å². The number of hydrogen-bond donors (Lipinski definition) is 1. The van der Waals surface area contributed by atoms with Gasteiger partial charge in [0.2, 0.25) is 0 Å². The van der Waals surface area contributed by atoms with E-state index in [-0.39, 0.29) is 30.5 Å². The van der Waals surface area contributed by atoms with Crippen LogP contribution < -0.4 is 5.32 Å². The first-order valence-corrected chi connectivity index (χ1v) is 15.7. The smallest absolute Gasteiger partial charge is 0.345 e. The van der Waals surface area contributed by atoms with Gasteiger partial charge in [-0.2, -0.15) is 8.78 Å². The number of thioether (sulfide) groups is 1. The zero-order valence-corrected chi connectivity index (χ0v) is 24.9. The highest BCUT2D eigenvalue weighted by molar-refractivity contribution is 8.02. The number of alkyl halides is 2. The normalized spacial score (nSPS) is 24.8. The number of likely N-dealkylation sites (tertiary alicyclic amines) is 1. The average molecular weight is 588 g/mol. The summed E-state index contributed by atoms with van der Waals surface area (Å²) in [7, 11) is 0. The number of pyridine rings is 1. The molecule has 2 fully saturated rings. The van der Waals surface area contributed by atoms with Crippen molar-refractivity contribution in [2.45, 2.75) is 77.7 Å². The number of nitrogens with one attached hydrogen (secondary N) is 1. The van der Waals surface area contributed by atoms with Gasteiger partial charge in [-0.3, -0.25) is 14.5 Å². The van der Waals surface area contributed by atoms with E-state index in [1.807, 2.05) is 31.4 Å². The summed E-state index contributed by atoms with van der Waals surface area (Å²) in [4.78, 5) is 38.2. The Hall–Kier alpha value is -2.63. The molecular formula is C30H39F2N5O3S. The minimum Gasteiger partial charge on any atom is -0.351 e. The Kier molecular flexibility index (Phi) is 9.25. The van der Waals surface area contributed by atoms with Crippen LogP contribution in [0.1, 0.15) is 68.0 Å². The molecule has 2 aromatic rings. The molecule has 5 rings (SSSR count). The topological polar surface area (TPSA) is 88.8 Å². The maximum atomic E-state index is 13.7. The number of hydrogen-bond acceptors (Lipinski definition) is 6. The molecule has 1 N–H and O–H groups in total. The number of aromatic nitrogens is 2. The van der Waals surface area contributed by atoms with E-state index in [1.165, 1.54) is 11.8 Å². The standard InChI is InChI=1S/C30H39F2N5O3S/c1-5-24(19-8-10-20(11-9-19)36-15-21(16-36)40-30(31)32)37-18(3)26(22-7-6-12-33-27(22)37)29(39)34-14-23-25(41-4)13-17(2)35-28(23)38/h6-7,12-13,19-21,23-24,30H,5,8-11,14-16H2,1-4H3,(H,34,39)/t19?,20?,23?,24-/m1/s1. The molecule has 8 nitrogen and oxygen atoms in total. The highest BCUT2D eigenvalue weighted by atomic mass is 32.2. The lowest BCUT2D eigenvalue weighted by Gasteiger charge is -2.47. The lowest BCUT2D eigenvalue weighted by atomic mass is 9.79. The molecule has 0 bridgehead atoms. The largest absolute Gasteiger partial charge is 0.351 e. The van der Waals surface area contributed by atoms with Crippen LogP contribution in [0.2, 0.25) is 0 Å².